The fourth-order valence-corrected chi connectivity index (χ4v) is 8.84. The van der Waals surface area contributed by atoms with Gasteiger partial charge in [0.2, 0.25) is 0 Å². The Hall–Kier alpha value is -1.33. The highest BCUT2D eigenvalue weighted by atomic mass is 32.3. The molecule has 5 aliphatic rings. The average Bonchev–Trinajstić information content (AvgIpc) is 3.34. The molecule has 5 fully saturated rings. The molecule has 418 valence electrons. The lowest BCUT2D eigenvalue weighted by Gasteiger charge is -2.50. The highest BCUT2D eigenvalue weighted by Gasteiger charge is 2.58. The zero-order valence-electron chi connectivity index (χ0n) is 36.8. The lowest BCUT2D eigenvalue weighted by Crippen LogP contribution is -2.68. The molecule has 34 nitrogen and oxygen atoms in total. The van der Waals surface area contributed by atoms with E-state index in [1.54, 1.807) is 0 Å². The summed E-state index contributed by atoms with van der Waals surface area (Å²) in [7, 11) is -5.39. The van der Waals surface area contributed by atoms with Crippen LogP contribution in [0, 0.1) is 0 Å². The number of aliphatic hydroxyl groups is 20. The topological polar surface area (TPSA) is 561 Å². The van der Waals surface area contributed by atoms with Crippen molar-refractivity contribution in [2.45, 2.75) is 178 Å². The Morgan fingerprint density at radius 3 is 0.901 bits per heavy atom. The van der Waals surface area contributed by atoms with Gasteiger partial charge in [0.05, 0.1) is 46.2 Å². The Morgan fingerprint density at radius 2 is 0.634 bits per heavy atom. The zero-order chi connectivity index (χ0) is 53.0. The van der Waals surface area contributed by atoms with Crippen molar-refractivity contribution in [3.63, 3.8) is 0 Å². The molecule has 0 spiro atoms. The maximum atomic E-state index is 11.6. The lowest BCUT2D eigenvalue weighted by atomic mass is 9.95. The first-order chi connectivity index (χ1) is 33.4. The van der Waals surface area contributed by atoms with Gasteiger partial charge in [-0.05, 0) is 0 Å². The van der Waals surface area contributed by atoms with Crippen LogP contribution in [0.5, 0.6) is 0 Å². The van der Waals surface area contributed by atoms with Gasteiger partial charge in [-0.3, -0.25) is 4.55 Å². The minimum absolute atomic E-state index is 1.04. The van der Waals surface area contributed by atoms with Crippen LogP contribution in [0.1, 0.15) is 0 Å². The normalized spacial score (nSPS) is 46.6. The number of hydrogen-bond donors (Lipinski definition) is 21. The van der Waals surface area contributed by atoms with Crippen LogP contribution in [0.2, 0.25) is 0 Å². The second-order valence-corrected chi connectivity index (χ2v) is 18.1. The van der Waals surface area contributed by atoms with E-state index in [4.69, 9.17) is 47.4 Å². The largest absolute Gasteiger partial charge is 0.397 e. The fraction of sp³-hybridized carbons (Fsp3) is 1.00. The van der Waals surface area contributed by atoms with Gasteiger partial charge in [-0.25, -0.2) is 4.18 Å². The summed E-state index contributed by atoms with van der Waals surface area (Å²) in [4.78, 5) is 0. The summed E-state index contributed by atoms with van der Waals surface area (Å²) >= 11 is 0. The second kappa shape index (κ2) is 26.1. The maximum absolute atomic E-state index is 11.6. The minimum atomic E-state index is -5.39. The van der Waals surface area contributed by atoms with Gasteiger partial charge in [0, 0.05) is 0 Å². The zero-order valence-corrected chi connectivity index (χ0v) is 37.6. The van der Waals surface area contributed by atoms with Crippen LogP contribution in [0.15, 0.2) is 0 Å². The van der Waals surface area contributed by atoms with Gasteiger partial charge < -0.3 is 149 Å². The molecule has 35 heteroatoms. The Morgan fingerprint density at radius 1 is 0.380 bits per heavy atom. The van der Waals surface area contributed by atoms with Gasteiger partial charge in [0.1, 0.15) is 146 Å². The van der Waals surface area contributed by atoms with E-state index in [1.807, 2.05) is 0 Å². The minimum Gasteiger partial charge on any atom is -0.394 e. The fourth-order valence-electron chi connectivity index (χ4n) is 8.33. The van der Waals surface area contributed by atoms with Crippen molar-refractivity contribution < 1.29 is 167 Å². The molecule has 0 unspecified atom stereocenters. The highest BCUT2D eigenvalue weighted by Crippen LogP contribution is 2.37. The van der Waals surface area contributed by atoms with Crippen molar-refractivity contribution in [1.29, 1.82) is 0 Å². The van der Waals surface area contributed by atoms with Crippen molar-refractivity contribution in [2.24, 2.45) is 0 Å². The molecule has 0 aromatic carbocycles. The molecule has 29 atom stereocenters. The summed E-state index contributed by atoms with van der Waals surface area (Å²) in [5, 5.41) is 211. The van der Waals surface area contributed by atoms with Gasteiger partial charge in [-0.1, -0.05) is 0 Å². The monoisotopic (exact) mass is 1070 g/mol. The molecule has 0 amide bonds. The molecule has 5 heterocycles. The average molecular weight is 1070 g/mol. The van der Waals surface area contributed by atoms with Crippen LogP contribution in [-0.4, -0.2) is 339 Å². The SMILES string of the molecule is O=S(=O)(O)O[C@H]1[C@@H](O)[C@@H](CO)O[C@@H](O[C@H]2[C@@H](O)[C@@H](CO)O[C@@H](O[C@H]3[C@@H](O)[C@@H](CO)O[C@@H](O[C@H]4[C@@H](O)[C@@H](CO)O[C@@H](O[C@H]5[C@@H](O)[C@@H](CO)O[C@@H](O[C@@H]([C@H](O)[C@@H](O)CO)[C@H](O)CO)[C@@H]5O)[C@@H]4O)[C@@H]3O)[C@@H]2O)[C@@H]1O. The number of rotatable bonds is 22. The molecule has 0 aromatic rings. The quantitative estimate of drug-likeness (QED) is 0.0448. The first kappa shape index (κ1) is 60.5. The van der Waals surface area contributed by atoms with E-state index in [2.05, 4.69) is 4.18 Å². The molecule has 0 bridgehead atoms. The molecular formula is C36H64O34S. The van der Waals surface area contributed by atoms with Crippen molar-refractivity contribution in [1.82, 2.24) is 0 Å². The van der Waals surface area contributed by atoms with E-state index in [0.717, 1.165) is 0 Å². The smallest absolute Gasteiger partial charge is 0.394 e. The van der Waals surface area contributed by atoms with Crippen LogP contribution >= 0.6 is 0 Å². The molecule has 0 aromatic heterocycles. The molecule has 71 heavy (non-hydrogen) atoms. The van der Waals surface area contributed by atoms with E-state index in [-0.39, 0.29) is 0 Å². The third-order valence-corrected chi connectivity index (χ3v) is 12.7. The van der Waals surface area contributed by atoms with Crippen LogP contribution in [0.3, 0.4) is 0 Å². The Kier molecular flexibility index (Phi) is 22.3. The number of ether oxygens (including phenoxy) is 10. The van der Waals surface area contributed by atoms with E-state index in [1.165, 1.54) is 0 Å². The Balaban J connectivity index is 1.36. The standard InChI is InChI=1S/C36H64O34S/c37-1-8(44)15(46)26(9(45)2-38)65-32-21(52)27(16(47)10(3-39)60-32)66-33-22(53)28(17(48)11(4-40)61-33)67-34-23(54)29(18(49)12(5-41)62-34)68-35-24(55)30(19(50)13(6-42)63-35)69-36-25(56)31(70-71(57,58)59)20(51)14(7-43)64-36/h8-56H,1-7H2,(H,57,58,59)/t8-,9+,10+,11+,12+,13+,14+,15+,16-,17-,18-,19-,20-,21+,22+,23+,24+,25+,26+,27-,28-,29-,30-,31-,32-,33-,34-,35-,36-/m0/s1. The lowest BCUT2D eigenvalue weighted by molar-refractivity contribution is -0.396. The van der Waals surface area contributed by atoms with Crippen LogP contribution in [0.4, 0.5) is 0 Å². The van der Waals surface area contributed by atoms with Gasteiger partial charge in [-0.15, -0.1) is 0 Å². The van der Waals surface area contributed by atoms with Gasteiger partial charge in [-0.2, -0.15) is 8.42 Å². The van der Waals surface area contributed by atoms with Crippen LogP contribution < -0.4 is 0 Å². The molecular weight excluding hydrogens is 1010 g/mol. The van der Waals surface area contributed by atoms with Gasteiger partial charge in [0.15, 0.2) is 31.5 Å². The first-order valence-corrected chi connectivity index (χ1v) is 23.1. The van der Waals surface area contributed by atoms with Crippen molar-refractivity contribution in [2.75, 3.05) is 46.2 Å². The summed E-state index contributed by atoms with van der Waals surface area (Å²) in [5.41, 5.74) is 0. The van der Waals surface area contributed by atoms with Gasteiger partial charge in [0.25, 0.3) is 0 Å². The van der Waals surface area contributed by atoms with E-state index in [0.29, 0.717) is 0 Å². The van der Waals surface area contributed by atoms with E-state index >= 15 is 0 Å². The van der Waals surface area contributed by atoms with Crippen LogP contribution in [0.25, 0.3) is 0 Å². The van der Waals surface area contributed by atoms with E-state index < -0.39 is 235 Å². The van der Waals surface area contributed by atoms with E-state index in [9.17, 15) is 115 Å². The molecule has 21 N–H and O–H groups in total. The summed E-state index contributed by atoms with van der Waals surface area (Å²) in [6.07, 6.45) is -60.9. The Bertz CT molecular complexity index is 1710. The summed E-state index contributed by atoms with van der Waals surface area (Å²) in [6, 6.07) is 0. The van der Waals surface area contributed by atoms with Crippen LogP contribution in [-0.2, 0) is 62.0 Å². The second-order valence-electron chi connectivity index (χ2n) is 17.0. The summed E-state index contributed by atoms with van der Waals surface area (Å²) in [5.74, 6) is 0. The molecule has 5 rings (SSSR count). The maximum Gasteiger partial charge on any atom is 0.397 e. The first-order valence-electron chi connectivity index (χ1n) is 21.7. The number of hydrogen-bond acceptors (Lipinski definition) is 33. The van der Waals surface area contributed by atoms with Crippen molar-refractivity contribution in [3.8, 4) is 0 Å². The predicted molar refractivity (Wildman–Crippen MR) is 212 cm³/mol. The van der Waals surface area contributed by atoms with Gasteiger partial charge >= 0.3 is 10.4 Å². The highest BCUT2D eigenvalue weighted by molar-refractivity contribution is 7.80. The Labute approximate surface area is 400 Å². The van der Waals surface area contributed by atoms with Crippen molar-refractivity contribution >= 4 is 10.4 Å². The van der Waals surface area contributed by atoms with Crippen molar-refractivity contribution in [3.05, 3.63) is 0 Å². The molecule has 0 radical (unpaired) electrons. The predicted octanol–water partition coefficient (Wildman–Crippen LogP) is -14.6. The third-order valence-electron chi connectivity index (χ3n) is 12.3. The number of aliphatic hydroxyl groups excluding tert-OH is 20. The molecule has 0 saturated carbocycles. The molecule has 5 saturated heterocycles. The third kappa shape index (κ3) is 13.6. The summed E-state index contributed by atoms with van der Waals surface area (Å²) in [6.45, 7) is -7.59. The summed E-state index contributed by atoms with van der Waals surface area (Å²) < 4.78 is 91.5. The molecule has 5 aliphatic heterocycles. The molecule has 0 aliphatic carbocycles.